The van der Waals surface area contributed by atoms with Gasteiger partial charge in [-0.2, -0.15) is 0 Å². The molecule has 8 rings (SSSR count). The third-order valence-electron chi connectivity index (χ3n) is 25.8. The van der Waals surface area contributed by atoms with E-state index in [2.05, 4.69) is 29.2 Å². The summed E-state index contributed by atoms with van der Waals surface area (Å²) in [5, 5.41) is 58.1. The molecular weight excluding hydrogens is 1760 g/mol. The first-order valence-corrected chi connectivity index (χ1v) is 45.4. The van der Waals surface area contributed by atoms with Crippen molar-refractivity contribution in [3.63, 3.8) is 0 Å². The minimum atomic E-state index is -5.35. The smallest absolute Gasteiger partial charge is 0.550 e. The summed E-state index contributed by atoms with van der Waals surface area (Å²) < 4.78 is 33.7. The number of rotatable bonds is 47. The number of aryl methyl sites for hydroxylation is 2. The van der Waals surface area contributed by atoms with Crippen LogP contribution in [0.15, 0.2) is 67.8 Å². The number of unbranched alkanes of at least 4 members (excludes halogenated alkanes) is 16. The predicted octanol–water partition coefficient (Wildman–Crippen LogP) is 7.66. The number of ether oxygens (including phenoxy) is 1. The van der Waals surface area contributed by atoms with Crippen LogP contribution >= 0.6 is 7.82 Å². The molecule has 1 aromatic carbocycles. The number of carboxylic acid groups (broad SMARTS) is 2. The van der Waals surface area contributed by atoms with Crippen LogP contribution in [0.3, 0.4) is 0 Å². The van der Waals surface area contributed by atoms with E-state index in [0.717, 1.165) is 36.8 Å². The number of nitrogens with one attached hydrogen (secondary N) is 1. The zero-order valence-corrected chi connectivity index (χ0v) is 80.3. The fourth-order valence-corrected chi connectivity index (χ4v) is 21.2. The Morgan fingerprint density at radius 2 is 1.18 bits per heavy atom. The number of hydrogen-bond acceptors (Lipinski definition) is 24. The summed E-state index contributed by atoms with van der Waals surface area (Å²) in [7, 11) is -5.35. The topological polar surface area (TPSA) is 558 Å². The van der Waals surface area contributed by atoms with Crippen molar-refractivity contribution >= 4 is 138 Å². The maximum atomic E-state index is 14.5. The fraction of sp³-hybridized carbons (Fsp3) is 0.701. The Bertz CT molecular complexity index is 4300. The number of carboxylic acids is 2. The molecule has 32 nitrogen and oxygen atoms in total. The Kier molecular flexibility index (Phi) is 41.6. The van der Waals surface area contributed by atoms with Crippen molar-refractivity contribution in [2.24, 2.45) is 94.7 Å². The molecule has 0 aliphatic carbocycles. The summed E-state index contributed by atoms with van der Waals surface area (Å²) in [6.07, 6.45) is 16.9. The molecular formula is C87H134BaCoN14O18P. The Labute approximate surface area is 765 Å². The van der Waals surface area contributed by atoms with Crippen molar-refractivity contribution in [1.82, 2.24) is 18.8 Å². The van der Waals surface area contributed by atoms with E-state index in [1.807, 2.05) is 53.7 Å². The van der Waals surface area contributed by atoms with Crippen LogP contribution in [0.25, 0.3) is 11.0 Å². The number of phosphoric acid groups is 1. The molecule has 2 aromatic rings. The van der Waals surface area contributed by atoms with Gasteiger partial charge in [0.2, 0.25) is 0 Å². The molecule has 1 aromatic heterocycles. The number of carbonyl (C=O) groups excluding carboxylic acids is 9. The number of nitriles is 1. The number of allylic oxidation sites excluding steroid dienone is 6. The minimum absolute atomic E-state index is 0. The van der Waals surface area contributed by atoms with Gasteiger partial charge in [0.1, 0.15) is 18.3 Å². The molecule has 7 heterocycles. The van der Waals surface area contributed by atoms with Gasteiger partial charge in [0, 0.05) is 11.9 Å². The quantitative estimate of drug-likeness (QED) is 0.0174. The van der Waals surface area contributed by atoms with E-state index in [1.165, 1.54) is 108 Å². The summed E-state index contributed by atoms with van der Waals surface area (Å²) in [5.41, 5.74) is 36.3. The van der Waals surface area contributed by atoms with Crippen molar-refractivity contribution in [3.05, 3.63) is 63.9 Å². The van der Waals surface area contributed by atoms with Gasteiger partial charge in [-0.1, -0.05) is 117 Å². The molecule has 0 saturated carbocycles. The third-order valence-corrected chi connectivity index (χ3v) is 28.0. The van der Waals surface area contributed by atoms with E-state index in [1.54, 1.807) is 37.7 Å². The molecule has 676 valence electrons. The van der Waals surface area contributed by atoms with E-state index in [4.69, 9.17) is 63.2 Å². The van der Waals surface area contributed by atoms with E-state index in [9.17, 15) is 78.3 Å². The first kappa shape index (κ1) is 106. The molecule has 122 heavy (non-hydrogen) atoms. The Morgan fingerprint density at radius 3 is 1.67 bits per heavy atom. The van der Waals surface area contributed by atoms with E-state index < -0.39 is 155 Å². The number of benzene rings is 1. The number of fused-ring (bicyclic) bond motifs is 7. The van der Waals surface area contributed by atoms with E-state index in [0.29, 0.717) is 56.4 Å². The summed E-state index contributed by atoms with van der Waals surface area (Å²) in [5.74, 6) is -9.70. The average Bonchev–Trinajstić information content (AvgIpc) is 1.51. The van der Waals surface area contributed by atoms with Crippen LogP contribution in [0.4, 0.5) is 0 Å². The molecule has 35 heteroatoms. The zero-order chi connectivity index (χ0) is 90.3. The number of carbonyl (C=O) groups is 9. The number of imidazole rings is 1. The average molecular weight is 1890 g/mol. The SMILES string of the molecule is C/C1=C2N=C(/C=C3N=C(/C(C)=C4/[C@@H](CCC(N)=O)[C@](C)(CC(N)=O)[C@](C)([C@@H]5N=C1[C@](C)(CCC(=O)NCC(C)OP(=O)([O-])O[C@H]1[C@@H](O)[C@@H](n6cnc7cc(C)c(C)cc76)O[C@@H]1CO)[C@H]5CC(N)=O)[N]4[Co+][C]#N)[C@@](C)(CC(N)=O)[C@@H]\3CCC(N)=O)C(C)(C)[C@@H]/2CCC(N)=O.CCCCCCCCCCCC(=O)[O-].CCCCCCCCCCCC(=O)[O-].[Ba+2]. The molecule has 6 aliphatic rings. The molecule has 0 radical (unpaired) electrons. The Hall–Kier alpha value is -6.49. The van der Waals surface area contributed by atoms with Gasteiger partial charge >= 0.3 is 466 Å². The van der Waals surface area contributed by atoms with Crippen LogP contribution in [0.2, 0.25) is 0 Å². The number of aliphatic hydroxyl groups excluding tert-OH is 2. The van der Waals surface area contributed by atoms with Crippen LogP contribution in [0.1, 0.15) is 293 Å². The zero-order valence-electron chi connectivity index (χ0n) is 73.9. The summed E-state index contributed by atoms with van der Waals surface area (Å²) in [4.78, 5) is 149. The fourth-order valence-electron chi connectivity index (χ4n) is 18.9. The van der Waals surface area contributed by atoms with Gasteiger partial charge < -0.3 is 48.7 Å². The second-order valence-electron chi connectivity index (χ2n) is 35.2. The first-order chi connectivity index (χ1) is 56.8. The first-order valence-electron chi connectivity index (χ1n) is 43.0. The van der Waals surface area contributed by atoms with E-state index in [-0.39, 0.29) is 154 Å². The number of aliphatic hydroxyl groups is 2. The second-order valence-corrected chi connectivity index (χ2v) is 37.4. The van der Waals surface area contributed by atoms with Gasteiger partial charge in [-0.3, -0.25) is 4.57 Å². The van der Waals surface area contributed by atoms with Crippen molar-refractivity contribution in [2.75, 3.05) is 13.2 Å². The maximum absolute atomic E-state index is 14.5. The summed E-state index contributed by atoms with van der Waals surface area (Å²) in [6, 6.07) is 2.56. The number of nitrogens with two attached hydrogens (primary N) is 6. The number of aliphatic carboxylic acids is 2. The monoisotopic (exact) mass is 1890 g/mol. The van der Waals surface area contributed by atoms with Gasteiger partial charge in [0.25, 0.3) is 7.82 Å². The number of amides is 7. The Morgan fingerprint density at radius 1 is 0.672 bits per heavy atom. The van der Waals surface area contributed by atoms with Crippen molar-refractivity contribution in [3.8, 4) is 5.00 Å². The minimum Gasteiger partial charge on any atom is -0.550 e. The molecule has 0 spiro atoms. The van der Waals surface area contributed by atoms with Gasteiger partial charge in [-0.15, -0.1) is 0 Å². The predicted molar refractivity (Wildman–Crippen MR) is 455 cm³/mol. The Balaban J connectivity index is 0.000000775. The van der Waals surface area contributed by atoms with Crippen molar-refractivity contribution < 1.29 is 102 Å². The molecule has 15 N–H and O–H groups in total. The second kappa shape index (κ2) is 47.9. The third kappa shape index (κ3) is 27.0. The number of primary amides is 6. The van der Waals surface area contributed by atoms with Crippen LogP contribution in [-0.2, 0) is 76.4 Å². The van der Waals surface area contributed by atoms with Gasteiger partial charge in [0.15, 0.2) is 6.23 Å². The standard InChI is InChI=1S/C62H90N13O14P.2C12H24O2.CN.Ba.Co/c1-29-20-39-40(21-30(29)2)75(28-70-39)57-52(84)53(41(27-76)87-57)89-90(85,86)88-31(3)26-69-49(83)18-19-59(8)37(22-46(66)80)56-62(11)61(10,25-48(68)82)36(14-17-45(65)79)51(74-62)33(5)55-60(9,24-47(67)81)34(12-15-43(63)77)38(71-55)23-42-58(6,7)35(13-16-44(64)78)50(72-42)32(4)54(59)73-56;2*1-2-3-4-5-6-7-8-9-10-11-12(13)14;1-2;;/h20-21,23,28,31,34-37,41,52-53,56-57,76,84H,12-19,22,24-27H2,1-11H3,(H15,63,64,65,66,67,68,69,71,72,73,74,77,78,79,80,81,82,83,85,86);2*2-11H2,1H3,(H,13,14);;;/q;;;;2*+2/p-4/t31?,34-,35-,36-,37+,41-,52-,53-,56-,57+,59-,60+,61+,62+;;;;;/m1...../s1. The number of phosphoric ester groups is 1. The molecule has 7 amide bonds. The number of hydrogen-bond donors (Lipinski definition) is 9. The van der Waals surface area contributed by atoms with Gasteiger partial charge in [-0.25, -0.2) is 4.98 Å². The normalized spacial score (nSPS) is 28.0. The number of nitrogens with zero attached hydrogens (tertiary/aromatic N) is 7. The van der Waals surface area contributed by atoms with Crippen LogP contribution in [-0.4, -0.2) is 192 Å². The molecule has 2 fully saturated rings. The molecule has 8 bridgehead atoms. The van der Waals surface area contributed by atoms with Crippen molar-refractivity contribution in [1.29, 1.82) is 5.26 Å². The van der Waals surface area contributed by atoms with E-state index >= 15 is 0 Å². The summed E-state index contributed by atoms with van der Waals surface area (Å²) in [6.45, 7) is 23.2. The molecule has 2 unspecified atom stereocenters. The molecule has 15 atom stereocenters. The van der Waals surface area contributed by atoms with Gasteiger partial charge in [0.05, 0.1) is 24.0 Å². The summed E-state index contributed by atoms with van der Waals surface area (Å²) >= 11 is 0.0230. The number of aliphatic imine (C=N–C) groups is 3. The molecule has 6 aliphatic heterocycles. The van der Waals surface area contributed by atoms with Crippen molar-refractivity contribution in [2.45, 2.75) is 331 Å². The number of aromatic nitrogens is 2. The van der Waals surface area contributed by atoms with Crippen LogP contribution < -0.4 is 54.8 Å². The van der Waals surface area contributed by atoms with Crippen LogP contribution in [0.5, 0.6) is 0 Å². The molecule has 2 saturated heterocycles. The van der Waals surface area contributed by atoms with Gasteiger partial charge in [-0.05, 0) is 62.8 Å². The van der Waals surface area contributed by atoms with Crippen LogP contribution in [0, 0.1) is 69.4 Å².